The molecular weight excluding hydrogens is 457 g/mol. The molecular formula is C20H22ClF3N2O4S. The summed E-state index contributed by atoms with van der Waals surface area (Å²) in [5, 5.41) is 2.02. The molecule has 0 bridgehead atoms. The number of halogens is 4. The van der Waals surface area contributed by atoms with E-state index in [4.69, 9.17) is 16.3 Å². The normalized spacial score (nSPS) is 11.8. The zero-order chi connectivity index (χ0) is 23.2. The number of methoxy groups -OCH3 is 1. The fraction of sp³-hybridized carbons (Fsp3) is 0.350. The van der Waals surface area contributed by atoms with Crippen molar-refractivity contribution < 1.29 is 31.1 Å². The van der Waals surface area contributed by atoms with Crippen molar-refractivity contribution >= 4 is 33.2 Å². The lowest BCUT2D eigenvalue weighted by atomic mass is 10.1. The van der Waals surface area contributed by atoms with Gasteiger partial charge >= 0.3 is 6.18 Å². The van der Waals surface area contributed by atoms with Gasteiger partial charge in [0.2, 0.25) is 15.9 Å². The number of nitrogens with one attached hydrogen (secondary N) is 1. The summed E-state index contributed by atoms with van der Waals surface area (Å²) in [4.78, 5) is 12.2. The first-order valence-corrected chi connectivity index (χ1v) is 11.4. The average Bonchev–Trinajstić information content (AvgIpc) is 2.68. The van der Waals surface area contributed by atoms with Gasteiger partial charge in [-0.3, -0.25) is 9.10 Å². The van der Waals surface area contributed by atoms with Crippen LogP contribution in [0.2, 0.25) is 5.02 Å². The number of anilines is 1. The molecule has 0 aliphatic carbocycles. The van der Waals surface area contributed by atoms with E-state index in [0.29, 0.717) is 29.0 Å². The molecule has 0 aromatic heterocycles. The Morgan fingerprint density at radius 3 is 2.52 bits per heavy atom. The third kappa shape index (κ3) is 7.32. The fourth-order valence-electron chi connectivity index (χ4n) is 2.82. The maximum atomic E-state index is 13.1. The Kier molecular flexibility index (Phi) is 8.19. The molecule has 0 fully saturated rings. The summed E-state index contributed by atoms with van der Waals surface area (Å²) in [6.45, 7) is -0.390. The number of ether oxygens (including phenoxy) is 1. The predicted molar refractivity (Wildman–Crippen MR) is 113 cm³/mol. The van der Waals surface area contributed by atoms with Crippen LogP contribution in [0.25, 0.3) is 0 Å². The highest BCUT2D eigenvalue weighted by Crippen LogP contribution is 2.37. The van der Waals surface area contributed by atoms with Gasteiger partial charge in [-0.05, 0) is 48.7 Å². The van der Waals surface area contributed by atoms with E-state index in [9.17, 15) is 26.4 Å². The van der Waals surface area contributed by atoms with Crippen LogP contribution in [-0.4, -0.2) is 40.8 Å². The Balaban J connectivity index is 2.02. The molecule has 0 radical (unpaired) electrons. The van der Waals surface area contributed by atoms with E-state index in [1.807, 2.05) is 24.3 Å². The van der Waals surface area contributed by atoms with Crippen LogP contribution in [-0.2, 0) is 27.4 Å². The van der Waals surface area contributed by atoms with Gasteiger partial charge in [-0.1, -0.05) is 23.7 Å². The number of amides is 1. The van der Waals surface area contributed by atoms with Gasteiger partial charge in [-0.2, -0.15) is 13.2 Å². The summed E-state index contributed by atoms with van der Waals surface area (Å²) in [7, 11) is -2.46. The van der Waals surface area contributed by atoms with Gasteiger partial charge in [0.05, 0.1) is 29.6 Å². The zero-order valence-corrected chi connectivity index (χ0v) is 18.4. The topological polar surface area (TPSA) is 75.7 Å². The number of nitrogens with zero attached hydrogens (tertiary/aromatic N) is 1. The zero-order valence-electron chi connectivity index (χ0n) is 16.9. The number of rotatable bonds is 9. The summed E-state index contributed by atoms with van der Waals surface area (Å²) in [5.74, 6) is 0.0751. The number of benzene rings is 2. The lowest BCUT2D eigenvalue weighted by molar-refractivity contribution is -0.137. The van der Waals surface area contributed by atoms with Crippen molar-refractivity contribution in [3.05, 3.63) is 58.6 Å². The molecule has 31 heavy (non-hydrogen) atoms. The fourth-order valence-corrected chi connectivity index (χ4v) is 3.89. The Hall–Kier alpha value is -2.46. The summed E-state index contributed by atoms with van der Waals surface area (Å²) in [6, 6.07) is 10.1. The first kappa shape index (κ1) is 24.8. The van der Waals surface area contributed by atoms with Gasteiger partial charge < -0.3 is 10.1 Å². The van der Waals surface area contributed by atoms with Gasteiger partial charge in [0.25, 0.3) is 0 Å². The highest BCUT2D eigenvalue weighted by Gasteiger charge is 2.34. The van der Waals surface area contributed by atoms with Crippen LogP contribution in [0.4, 0.5) is 18.9 Å². The van der Waals surface area contributed by atoms with Crippen molar-refractivity contribution in [2.75, 3.05) is 30.8 Å². The molecule has 2 aromatic carbocycles. The third-order valence-electron chi connectivity index (χ3n) is 4.33. The van der Waals surface area contributed by atoms with Crippen LogP contribution < -0.4 is 14.4 Å². The molecule has 0 saturated carbocycles. The monoisotopic (exact) mass is 478 g/mol. The highest BCUT2D eigenvalue weighted by atomic mass is 35.5. The number of hydrogen-bond donors (Lipinski definition) is 1. The molecule has 0 saturated heterocycles. The van der Waals surface area contributed by atoms with E-state index in [1.165, 1.54) is 0 Å². The molecule has 170 valence electrons. The molecule has 2 rings (SSSR count). The van der Waals surface area contributed by atoms with E-state index < -0.39 is 39.2 Å². The summed E-state index contributed by atoms with van der Waals surface area (Å²) >= 11 is 5.58. The van der Waals surface area contributed by atoms with E-state index in [2.05, 4.69) is 5.32 Å². The number of hydrogen-bond acceptors (Lipinski definition) is 4. The Morgan fingerprint density at radius 2 is 1.90 bits per heavy atom. The number of aryl methyl sites for hydroxylation is 1. The second-order valence-corrected chi connectivity index (χ2v) is 9.05. The van der Waals surface area contributed by atoms with Gasteiger partial charge in [-0.25, -0.2) is 8.42 Å². The van der Waals surface area contributed by atoms with Crippen molar-refractivity contribution in [1.82, 2.24) is 5.32 Å². The molecule has 1 N–H and O–H groups in total. The predicted octanol–water partition coefficient (Wildman–Crippen LogP) is 3.88. The second kappa shape index (κ2) is 10.2. The molecule has 0 aliphatic rings. The minimum absolute atomic E-state index is 0.266. The molecule has 2 aromatic rings. The van der Waals surface area contributed by atoms with Gasteiger partial charge in [-0.15, -0.1) is 0 Å². The second-order valence-electron chi connectivity index (χ2n) is 6.74. The molecule has 0 spiro atoms. The van der Waals surface area contributed by atoms with Crippen LogP contribution in [0.5, 0.6) is 5.75 Å². The van der Waals surface area contributed by atoms with Crippen LogP contribution in [0.15, 0.2) is 42.5 Å². The largest absolute Gasteiger partial charge is 0.497 e. The van der Waals surface area contributed by atoms with Crippen LogP contribution in [0, 0.1) is 0 Å². The van der Waals surface area contributed by atoms with Crippen LogP contribution >= 0.6 is 11.6 Å². The molecule has 0 aliphatic heterocycles. The van der Waals surface area contributed by atoms with Crippen LogP contribution in [0.3, 0.4) is 0 Å². The van der Waals surface area contributed by atoms with Crippen molar-refractivity contribution in [2.24, 2.45) is 0 Å². The average molecular weight is 479 g/mol. The molecule has 0 unspecified atom stereocenters. The molecule has 0 heterocycles. The summed E-state index contributed by atoms with van der Waals surface area (Å²) in [6.07, 6.45) is -2.72. The Bertz CT molecular complexity index is 1030. The number of alkyl halides is 3. The maximum absolute atomic E-state index is 13.1. The molecule has 1 amide bonds. The van der Waals surface area contributed by atoms with Crippen molar-refractivity contribution in [2.45, 2.75) is 19.0 Å². The number of sulfonamides is 1. The standard InChI is InChI=1S/C20H22ClF3N2O4S/c1-30-16-7-3-5-14(11-16)6-4-10-25-19(27)13-26(31(2,28)29)15-8-9-18(21)17(12-15)20(22,23)24/h3,5,7-9,11-12H,4,6,10,13H2,1-2H3,(H,25,27). The lowest BCUT2D eigenvalue weighted by Crippen LogP contribution is -2.40. The first-order valence-electron chi connectivity index (χ1n) is 9.16. The van der Waals surface area contributed by atoms with Gasteiger partial charge in [0.15, 0.2) is 0 Å². The Labute approximate surface area is 184 Å². The van der Waals surface area contributed by atoms with E-state index in [1.54, 1.807) is 7.11 Å². The smallest absolute Gasteiger partial charge is 0.417 e. The Morgan fingerprint density at radius 1 is 1.19 bits per heavy atom. The van der Waals surface area contributed by atoms with E-state index in [0.717, 1.165) is 24.0 Å². The molecule has 11 heteroatoms. The van der Waals surface area contributed by atoms with Crippen LogP contribution in [0.1, 0.15) is 17.5 Å². The van der Waals surface area contributed by atoms with Crippen molar-refractivity contribution in [3.63, 3.8) is 0 Å². The van der Waals surface area contributed by atoms with Crippen molar-refractivity contribution in [3.8, 4) is 5.75 Å². The molecule has 6 nitrogen and oxygen atoms in total. The SMILES string of the molecule is COc1cccc(CCCNC(=O)CN(c2ccc(Cl)c(C(F)(F)F)c2)S(C)(=O)=O)c1. The minimum Gasteiger partial charge on any atom is -0.497 e. The summed E-state index contributed by atoms with van der Waals surface area (Å²) in [5.41, 5.74) is -0.475. The van der Waals surface area contributed by atoms with Gasteiger partial charge in [0.1, 0.15) is 12.3 Å². The molecule has 0 atom stereocenters. The quantitative estimate of drug-likeness (QED) is 0.555. The minimum atomic E-state index is -4.77. The number of carbonyl (C=O) groups excluding carboxylic acids is 1. The number of carbonyl (C=O) groups is 1. The maximum Gasteiger partial charge on any atom is 0.417 e. The summed E-state index contributed by atoms with van der Waals surface area (Å²) < 4.78 is 69.3. The highest BCUT2D eigenvalue weighted by molar-refractivity contribution is 7.92. The van der Waals surface area contributed by atoms with E-state index in [-0.39, 0.29) is 12.2 Å². The van der Waals surface area contributed by atoms with Crippen molar-refractivity contribution in [1.29, 1.82) is 0 Å². The lowest BCUT2D eigenvalue weighted by Gasteiger charge is -2.23. The van der Waals surface area contributed by atoms with E-state index >= 15 is 0 Å². The van der Waals surface area contributed by atoms with Gasteiger partial charge in [0, 0.05) is 6.54 Å². The first-order chi connectivity index (χ1) is 14.4. The third-order valence-corrected chi connectivity index (χ3v) is 5.80.